The monoisotopic (exact) mass is 368 g/mol. The largest absolute Gasteiger partial charge is 0.462 e. The maximum Gasteiger partial charge on any atom is 0.343 e. The van der Waals surface area contributed by atoms with Crippen molar-refractivity contribution in [3.63, 3.8) is 0 Å². The van der Waals surface area contributed by atoms with Gasteiger partial charge in [0.15, 0.2) is 5.82 Å². The maximum absolute atomic E-state index is 12.5. The van der Waals surface area contributed by atoms with E-state index in [1.807, 2.05) is 0 Å². The van der Waals surface area contributed by atoms with Crippen LogP contribution in [0.4, 0.5) is 11.5 Å². The van der Waals surface area contributed by atoms with E-state index in [2.05, 4.69) is 9.82 Å². The Balaban J connectivity index is 2.44. The van der Waals surface area contributed by atoms with Crippen LogP contribution in [0.2, 0.25) is 0 Å². The number of nitro groups is 1. The molecule has 25 heavy (non-hydrogen) atoms. The molecule has 0 aliphatic carbocycles. The van der Waals surface area contributed by atoms with Gasteiger partial charge in [-0.1, -0.05) is 6.07 Å². The van der Waals surface area contributed by atoms with E-state index in [-0.39, 0.29) is 28.6 Å². The molecule has 1 aromatic carbocycles. The second-order valence-electron chi connectivity index (χ2n) is 5.06. The molecule has 1 N–H and O–H groups in total. The molecule has 0 aliphatic rings. The number of aromatic nitrogens is 2. The van der Waals surface area contributed by atoms with Gasteiger partial charge in [-0.3, -0.25) is 19.5 Å². The fourth-order valence-electron chi connectivity index (χ4n) is 2.06. The van der Waals surface area contributed by atoms with E-state index < -0.39 is 20.9 Å². The molecule has 0 fully saturated rings. The van der Waals surface area contributed by atoms with Gasteiger partial charge < -0.3 is 4.74 Å². The normalized spacial score (nSPS) is 11.2. The third kappa shape index (κ3) is 3.76. The number of hydrogen-bond acceptors (Lipinski definition) is 7. The van der Waals surface area contributed by atoms with Crippen LogP contribution in [0.5, 0.6) is 0 Å². The van der Waals surface area contributed by atoms with Crippen LogP contribution in [0.25, 0.3) is 0 Å². The number of esters is 1. The predicted octanol–water partition coefficient (Wildman–Crippen LogP) is 1.61. The van der Waals surface area contributed by atoms with E-state index >= 15 is 0 Å². The van der Waals surface area contributed by atoms with Gasteiger partial charge >= 0.3 is 5.97 Å². The highest BCUT2D eigenvalue weighted by Gasteiger charge is 2.25. The predicted molar refractivity (Wildman–Crippen MR) is 87.8 cm³/mol. The molecule has 134 valence electrons. The number of nitro benzene ring substituents is 1. The average Bonchev–Trinajstić information content (AvgIpc) is 2.88. The Bertz CT molecular complexity index is 935. The number of anilines is 1. The number of ether oxygens (including phenoxy) is 1. The fourth-order valence-corrected chi connectivity index (χ4v) is 3.18. The first-order valence-corrected chi connectivity index (χ1v) is 8.62. The Morgan fingerprint density at radius 3 is 2.72 bits per heavy atom. The highest BCUT2D eigenvalue weighted by atomic mass is 32.2. The molecular weight excluding hydrogens is 352 g/mol. The summed E-state index contributed by atoms with van der Waals surface area (Å²) in [4.78, 5) is 21.9. The number of benzene rings is 1. The van der Waals surface area contributed by atoms with Gasteiger partial charge in [-0.25, -0.2) is 13.2 Å². The average molecular weight is 368 g/mol. The molecule has 0 radical (unpaired) electrons. The van der Waals surface area contributed by atoms with Gasteiger partial charge in [-0.2, -0.15) is 5.10 Å². The highest BCUT2D eigenvalue weighted by Crippen LogP contribution is 2.25. The summed E-state index contributed by atoms with van der Waals surface area (Å²) in [5.41, 5.74) is -0.0512. The smallest absolute Gasteiger partial charge is 0.343 e. The van der Waals surface area contributed by atoms with Crippen molar-refractivity contribution in [2.45, 2.75) is 18.7 Å². The number of sulfonamides is 1. The molecule has 2 aromatic rings. The van der Waals surface area contributed by atoms with Crippen molar-refractivity contribution >= 4 is 27.5 Å². The number of carbonyl (C=O) groups excluding carboxylic acids is 1. The van der Waals surface area contributed by atoms with E-state index in [9.17, 15) is 23.3 Å². The zero-order valence-electron chi connectivity index (χ0n) is 13.7. The number of carbonyl (C=O) groups is 1. The molecule has 0 amide bonds. The van der Waals surface area contributed by atoms with Gasteiger partial charge in [0, 0.05) is 18.7 Å². The second kappa shape index (κ2) is 6.89. The third-order valence-electron chi connectivity index (χ3n) is 3.35. The van der Waals surface area contributed by atoms with E-state index in [0.29, 0.717) is 5.56 Å². The maximum atomic E-state index is 12.5. The van der Waals surface area contributed by atoms with Crippen molar-refractivity contribution in [3.8, 4) is 0 Å². The Morgan fingerprint density at radius 1 is 1.44 bits per heavy atom. The molecule has 0 saturated carbocycles. The molecule has 0 saturated heterocycles. The fraction of sp³-hybridized carbons (Fsp3) is 0.286. The summed E-state index contributed by atoms with van der Waals surface area (Å²) in [5.74, 6) is -0.829. The van der Waals surface area contributed by atoms with Crippen LogP contribution in [-0.4, -0.2) is 35.7 Å². The van der Waals surface area contributed by atoms with Crippen LogP contribution < -0.4 is 4.72 Å². The van der Waals surface area contributed by atoms with Crippen molar-refractivity contribution in [3.05, 3.63) is 45.6 Å². The highest BCUT2D eigenvalue weighted by molar-refractivity contribution is 7.92. The van der Waals surface area contributed by atoms with Gasteiger partial charge in [-0.05, 0) is 19.9 Å². The molecule has 1 heterocycles. The lowest BCUT2D eigenvalue weighted by Crippen LogP contribution is -2.18. The Labute approximate surface area is 143 Å². The summed E-state index contributed by atoms with van der Waals surface area (Å²) < 4.78 is 33.3. The summed E-state index contributed by atoms with van der Waals surface area (Å²) in [7, 11) is -2.73. The van der Waals surface area contributed by atoms with Gasteiger partial charge in [0.05, 0.1) is 22.6 Å². The molecule has 0 atom stereocenters. The zero-order chi connectivity index (χ0) is 18.8. The topological polar surface area (TPSA) is 133 Å². The molecule has 1 aromatic heterocycles. The van der Waals surface area contributed by atoms with Crippen molar-refractivity contribution in [1.29, 1.82) is 0 Å². The lowest BCUT2D eigenvalue weighted by atomic mass is 10.2. The lowest BCUT2D eigenvalue weighted by molar-refractivity contribution is -0.385. The van der Waals surface area contributed by atoms with Crippen LogP contribution in [0.15, 0.2) is 29.3 Å². The minimum atomic E-state index is -4.17. The molecule has 0 spiro atoms. The first-order valence-electron chi connectivity index (χ1n) is 7.14. The van der Waals surface area contributed by atoms with E-state index in [0.717, 1.165) is 10.7 Å². The van der Waals surface area contributed by atoms with Crippen LogP contribution in [-0.2, 0) is 21.8 Å². The standard InChI is InChI=1S/C14H16N4O6S/c1-4-24-14(19)11-8-15-17(3)13(11)16-25(22,23)10-6-5-9(2)12(7-10)18(20)21/h5-8,16H,4H2,1-3H3. The van der Waals surface area contributed by atoms with Gasteiger partial charge in [-0.15, -0.1) is 0 Å². The number of rotatable bonds is 6. The minimum Gasteiger partial charge on any atom is -0.462 e. The van der Waals surface area contributed by atoms with Crippen LogP contribution in [0.1, 0.15) is 22.8 Å². The van der Waals surface area contributed by atoms with Crippen molar-refractivity contribution < 1.29 is 22.9 Å². The Kier molecular flexibility index (Phi) is 5.07. The van der Waals surface area contributed by atoms with Crippen molar-refractivity contribution in [1.82, 2.24) is 9.78 Å². The zero-order valence-corrected chi connectivity index (χ0v) is 14.5. The van der Waals surface area contributed by atoms with Gasteiger partial charge in [0.25, 0.3) is 15.7 Å². The number of nitrogens with zero attached hydrogens (tertiary/aromatic N) is 3. The van der Waals surface area contributed by atoms with E-state index in [1.165, 1.54) is 32.3 Å². The summed E-state index contributed by atoms with van der Waals surface area (Å²) in [6.45, 7) is 3.23. The quantitative estimate of drug-likeness (QED) is 0.465. The van der Waals surface area contributed by atoms with E-state index in [1.54, 1.807) is 6.92 Å². The summed E-state index contributed by atoms with van der Waals surface area (Å²) in [6.07, 6.45) is 1.17. The van der Waals surface area contributed by atoms with Gasteiger partial charge in [0.1, 0.15) is 5.56 Å². The molecule has 0 aliphatic heterocycles. The summed E-state index contributed by atoms with van der Waals surface area (Å²) >= 11 is 0. The van der Waals surface area contributed by atoms with Crippen LogP contribution in [0.3, 0.4) is 0 Å². The molecular formula is C14H16N4O6S. The van der Waals surface area contributed by atoms with Gasteiger partial charge in [0.2, 0.25) is 0 Å². The number of nitrogens with one attached hydrogen (secondary N) is 1. The Hall–Kier alpha value is -2.95. The van der Waals surface area contributed by atoms with E-state index in [4.69, 9.17) is 4.74 Å². The summed E-state index contributed by atoms with van der Waals surface area (Å²) in [6, 6.07) is 3.53. The first-order chi connectivity index (χ1) is 11.7. The number of hydrogen-bond donors (Lipinski definition) is 1. The Morgan fingerprint density at radius 2 is 2.12 bits per heavy atom. The first kappa shape index (κ1) is 18.4. The van der Waals surface area contributed by atoms with Crippen LogP contribution in [0, 0.1) is 17.0 Å². The molecule has 11 heteroatoms. The molecule has 10 nitrogen and oxygen atoms in total. The summed E-state index contributed by atoms with van der Waals surface area (Å²) in [5, 5.41) is 14.8. The molecule has 2 rings (SSSR count). The molecule has 0 unspecified atom stereocenters. The van der Waals surface area contributed by atoms with Crippen molar-refractivity contribution in [2.75, 3.05) is 11.3 Å². The van der Waals surface area contributed by atoms with Crippen molar-refractivity contribution in [2.24, 2.45) is 7.05 Å². The number of aryl methyl sites for hydroxylation is 2. The lowest BCUT2D eigenvalue weighted by Gasteiger charge is -2.10. The minimum absolute atomic E-state index is 0.0606. The van der Waals surface area contributed by atoms with Crippen LogP contribution >= 0.6 is 0 Å². The third-order valence-corrected chi connectivity index (χ3v) is 4.69. The second-order valence-corrected chi connectivity index (χ2v) is 6.74. The molecule has 0 bridgehead atoms. The SMILES string of the molecule is CCOC(=O)c1cnn(C)c1NS(=O)(=O)c1ccc(C)c([N+](=O)[O-])c1.